The largest absolute Gasteiger partial charge is 0.372 e. The molecular formula is C23H26N2O. The number of aryl methyl sites for hydroxylation is 1. The van der Waals surface area contributed by atoms with Crippen LogP contribution in [0.5, 0.6) is 0 Å². The summed E-state index contributed by atoms with van der Waals surface area (Å²) in [6.45, 7) is 7.31. The Hall–Kier alpha value is -2.55. The van der Waals surface area contributed by atoms with Crippen LogP contribution in [-0.4, -0.2) is 25.5 Å². The molecule has 134 valence electrons. The van der Waals surface area contributed by atoms with E-state index in [2.05, 4.69) is 49.1 Å². The molecule has 0 spiro atoms. The minimum Gasteiger partial charge on any atom is -0.372 e. The van der Waals surface area contributed by atoms with E-state index in [0.717, 1.165) is 48.4 Å². The first kappa shape index (κ1) is 16.9. The van der Waals surface area contributed by atoms with E-state index in [1.54, 1.807) is 0 Å². The van der Waals surface area contributed by atoms with Crippen molar-refractivity contribution < 1.29 is 4.79 Å². The number of carbonyl (C=O) groups is 1. The molecule has 1 fully saturated rings. The fourth-order valence-corrected chi connectivity index (χ4v) is 4.04. The molecule has 1 amide bonds. The maximum atomic E-state index is 13.0. The highest BCUT2D eigenvalue weighted by molar-refractivity contribution is 6.35. The molecule has 0 unspecified atom stereocenters. The molecule has 2 aliphatic heterocycles. The van der Waals surface area contributed by atoms with Gasteiger partial charge < -0.3 is 9.80 Å². The summed E-state index contributed by atoms with van der Waals surface area (Å²) < 4.78 is 0. The van der Waals surface area contributed by atoms with Crippen LogP contribution in [0.1, 0.15) is 42.9 Å². The van der Waals surface area contributed by atoms with Gasteiger partial charge in [0.1, 0.15) is 0 Å². The van der Waals surface area contributed by atoms with Gasteiger partial charge in [0.2, 0.25) is 0 Å². The molecule has 0 aromatic heterocycles. The third-order valence-electron chi connectivity index (χ3n) is 5.43. The van der Waals surface area contributed by atoms with Gasteiger partial charge in [0.05, 0.1) is 5.69 Å². The average Bonchev–Trinajstić information content (AvgIpc) is 3.27. The number of amides is 1. The molecule has 1 saturated heterocycles. The van der Waals surface area contributed by atoms with Gasteiger partial charge in [-0.3, -0.25) is 4.79 Å². The standard InChI is InChI=1S/C23H26N2O/c1-3-12-25-22-9-5-4-8-20(22)21(23(25)26)16-18-10-11-19(15-17(18)2)24-13-6-7-14-24/h4-5,8-11,15-16H,3,6-7,12-14H2,1-2H3/b21-16-. The number of carbonyl (C=O) groups excluding carboxylic acids is 1. The molecule has 2 heterocycles. The summed E-state index contributed by atoms with van der Waals surface area (Å²) in [7, 11) is 0. The Bertz CT molecular complexity index is 862. The van der Waals surface area contributed by atoms with Crippen LogP contribution in [0.15, 0.2) is 42.5 Å². The van der Waals surface area contributed by atoms with Crippen LogP contribution in [0.3, 0.4) is 0 Å². The number of para-hydroxylation sites is 1. The molecule has 0 atom stereocenters. The van der Waals surface area contributed by atoms with E-state index in [4.69, 9.17) is 0 Å². The van der Waals surface area contributed by atoms with Crippen LogP contribution in [0.25, 0.3) is 11.6 Å². The molecule has 0 N–H and O–H groups in total. The second kappa shape index (κ2) is 6.99. The number of rotatable bonds is 4. The second-order valence-electron chi connectivity index (χ2n) is 7.27. The van der Waals surface area contributed by atoms with Crippen LogP contribution < -0.4 is 9.80 Å². The van der Waals surface area contributed by atoms with Gasteiger partial charge in [-0.15, -0.1) is 0 Å². The zero-order valence-electron chi connectivity index (χ0n) is 15.7. The second-order valence-corrected chi connectivity index (χ2v) is 7.27. The van der Waals surface area contributed by atoms with Gasteiger partial charge in [-0.25, -0.2) is 0 Å². The van der Waals surface area contributed by atoms with Crippen molar-refractivity contribution in [1.29, 1.82) is 0 Å². The summed E-state index contributed by atoms with van der Waals surface area (Å²) in [5.74, 6) is 0.121. The number of hydrogen-bond donors (Lipinski definition) is 0. The number of fused-ring (bicyclic) bond motifs is 1. The maximum absolute atomic E-state index is 13.0. The summed E-state index contributed by atoms with van der Waals surface area (Å²) in [5, 5.41) is 0. The van der Waals surface area contributed by atoms with E-state index in [9.17, 15) is 4.79 Å². The zero-order valence-corrected chi connectivity index (χ0v) is 15.7. The van der Waals surface area contributed by atoms with Gasteiger partial charge in [0, 0.05) is 36.5 Å². The van der Waals surface area contributed by atoms with E-state index >= 15 is 0 Å². The summed E-state index contributed by atoms with van der Waals surface area (Å²) >= 11 is 0. The Labute approximate surface area is 155 Å². The van der Waals surface area contributed by atoms with Crippen LogP contribution >= 0.6 is 0 Å². The molecule has 0 aliphatic carbocycles. The lowest BCUT2D eigenvalue weighted by molar-refractivity contribution is -0.113. The van der Waals surface area contributed by atoms with Gasteiger partial charge in [-0.05, 0) is 61.6 Å². The van der Waals surface area contributed by atoms with Crippen molar-refractivity contribution in [3.8, 4) is 0 Å². The van der Waals surface area contributed by atoms with E-state index in [-0.39, 0.29) is 5.91 Å². The fourth-order valence-electron chi connectivity index (χ4n) is 4.04. The van der Waals surface area contributed by atoms with Crippen molar-refractivity contribution in [3.05, 3.63) is 59.2 Å². The quantitative estimate of drug-likeness (QED) is 0.736. The van der Waals surface area contributed by atoms with Crippen LogP contribution in [-0.2, 0) is 4.79 Å². The molecule has 4 rings (SSSR count). The Kier molecular flexibility index (Phi) is 4.54. The summed E-state index contributed by atoms with van der Waals surface area (Å²) in [5.41, 5.74) is 6.55. The highest BCUT2D eigenvalue weighted by Crippen LogP contribution is 2.38. The number of nitrogens with zero attached hydrogens (tertiary/aromatic N) is 2. The molecule has 2 aromatic rings. The van der Waals surface area contributed by atoms with E-state index in [1.165, 1.54) is 24.1 Å². The van der Waals surface area contributed by atoms with Crippen molar-refractivity contribution in [2.45, 2.75) is 33.1 Å². The lowest BCUT2D eigenvalue weighted by atomic mass is 10.0. The fraction of sp³-hybridized carbons (Fsp3) is 0.348. The molecule has 2 aromatic carbocycles. The molecule has 3 heteroatoms. The van der Waals surface area contributed by atoms with Gasteiger partial charge >= 0.3 is 0 Å². The smallest absolute Gasteiger partial charge is 0.258 e. The lowest BCUT2D eigenvalue weighted by Crippen LogP contribution is -2.26. The normalized spacial score (nSPS) is 18.1. The van der Waals surface area contributed by atoms with Gasteiger partial charge in [-0.2, -0.15) is 0 Å². The molecule has 0 radical (unpaired) electrons. The summed E-state index contributed by atoms with van der Waals surface area (Å²) in [4.78, 5) is 17.4. The van der Waals surface area contributed by atoms with E-state index < -0.39 is 0 Å². The highest BCUT2D eigenvalue weighted by Gasteiger charge is 2.31. The average molecular weight is 346 g/mol. The third kappa shape index (κ3) is 2.92. The first-order chi connectivity index (χ1) is 12.7. The predicted octanol–water partition coefficient (Wildman–Crippen LogP) is 4.89. The van der Waals surface area contributed by atoms with E-state index in [0.29, 0.717) is 0 Å². The van der Waals surface area contributed by atoms with Gasteiger partial charge in [0.25, 0.3) is 5.91 Å². The van der Waals surface area contributed by atoms with Crippen molar-refractivity contribution in [2.24, 2.45) is 0 Å². The first-order valence-electron chi connectivity index (χ1n) is 9.67. The first-order valence-corrected chi connectivity index (χ1v) is 9.67. The lowest BCUT2D eigenvalue weighted by Gasteiger charge is -2.18. The predicted molar refractivity (Wildman–Crippen MR) is 110 cm³/mol. The number of hydrogen-bond acceptors (Lipinski definition) is 2. The van der Waals surface area contributed by atoms with Crippen molar-refractivity contribution in [2.75, 3.05) is 29.4 Å². The van der Waals surface area contributed by atoms with Crippen molar-refractivity contribution >= 4 is 28.9 Å². The molecular weight excluding hydrogens is 320 g/mol. The molecule has 0 saturated carbocycles. The Balaban J connectivity index is 1.70. The number of benzene rings is 2. The van der Waals surface area contributed by atoms with Gasteiger partial charge in [-0.1, -0.05) is 31.2 Å². The Morgan fingerprint density at radius 1 is 1.08 bits per heavy atom. The minimum absolute atomic E-state index is 0.121. The molecule has 3 nitrogen and oxygen atoms in total. The molecule has 26 heavy (non-hydrogen) atoms. The number of anilines is 2. The third-order valence-corrected chi connectivity index (χ3v) is 5.43. The summed E-state index contributed by atoms with van der Waals surface area (Å²) in [6, 6.07) is 14.7. The van der Waals surface area contributed by atoms with Crippen molar-refractivity contribution in [1.82, 2.24) is 0 Å². The topological polar surface area (TPSA) is 23.6 Å². The van der Waals surface area contributed by atoms with Crippen molar-refractivity contribution in [3.63, 3.8) is 0 Å². The SMILES string of the molecule is CCCN1C(=O)/C(=C\c2ccc(N3CCCC3)cc2C)c2ccccc21. The van der Waals surface area contributed by atoms with Crippen LogP contribution in [0.4, 0.5) is 11.4 Å². The maximum Gasteiger partial charge on any atom is 0.258 e. The van der Waals surface area contributed by atoms with Crippen LogP contribution in [0, 0.1) is 6.92 Å². The van der Waals surface area contributed by atoms with Gasteiger partial charge in [0.15, 0.2) is 0 Å². The van der Waals surface area contributed by atoms with E-state index in [1.807, 2.05) is 23.1 Å². The molecule has 2 aliphatic rings. The zero-order chi connectivity index (χ0) is 18.1. The monoisotopic (exact) mass is 346 g/mol. The highest BCUT2D eigenvalue weighted by atomic mass is 16.2. The Morgan fingerprint density at radius 3 is 2.58 bits per heavy atom. The summed E-state index contributed by atoms with van der Waals surface area (Å²) in [6.07, 6.45) is 5.59. The molecule has 0 bridgehead atoms. The Morgan fingerprint density at radius 2 is 1.85 bits per heavy atom. The minimum atomic E-state index is 0.121. The van der Waals surface area contributed by atoms with Crippen LogP contribution in [0.2, 0.25) is 0 Å².